The van der Waals surface area contributed by atoms with Crippen molar-refractivity contribution in [2.45, 2.75) is 6.92 Å². The number of halogens is 3. The number of nitrogens with zero attached hydrogens (tertiary/aromatic N) is 2. The van der Waals surface area contributed by atoms with Gasteiger partial charge in [0.05, 0.1) is 0 Å². The molecule has 0 aliphatic heterocycles. The molecule has 2 heterocycles. The Morgan fingerprint density at radius 3 is 2.80 bits per heavy atom. The lowest BCUT2D eigenvalue weighted by molar-refractivity contribution is 0.511. The quantitative estimate of drug-likeness (QED) is 0.731. The summed E-state index contributed by atoms with van der Waals surface area (Å²) in [5.74, 6) is -1.60. The number of benzene rings is 1. The van der Waals surface area contributed by atoms with Crippen molar-refractivity contribution < 1.29 is 8.78 Å². The lowest BCUT2D eigenvalue weighted by Crippen LogP contribution is -1.96. The van der Waals surface area contributed by atoms with Crippen molar-refractivity contribution >= 4 is 27.4 Å². The van der Waals surface area contributed by atoms with Crippen molar-refractivity contribution in [3.05, 3.63) is 52.1 Å². The summed E-state index contributed by atoms with van der Waals surface area (Å²) in [5.41, 5.74) is 7.86. The van der Waals surface area contributed by atoms with Gasteiger partial charge in [-0.15, -0.1) is 0 Å². The van der Waals surface area contributed by atoms with Gasteiger partial charge < -0.3 is 5.73 Å². The average molecular weight is 338 g/mol. The lowest BCUT2D eigenvalue weighted by atomic mass is 10.1. The van der Waals surface area contributed by atoms with Crippen molar-refractivity contribution in [2.75, 3.05) is 5.73 Å². The molecular formula is C14H10BrF2N3. The van der Waals surface area contributed by atoms with Crippen LogP contribution in [0.2, 0.25) is 0 Å². The van der Waals surface area contributed by atoms with E-state index in [1.807, 2.05) is 13.0 Å². The van der Waals surface area contributed by atoms with E-state index >= 15 is 0 Å². The third kappa shape index (κ3) is 1.87. The van der Waals surface area contributed by atoms with Gasteiger partial charge in [-0.2, -0.15) is 0 Å². The molecule has 0 saturated heterocycles. The van der Waals surface area contributed by atoms with Crippen LogP contribution in [0.1, 0.15) is 5.56 Å². The number of pyridine rings is 1. The predicted molar refractivity (Wildman–Crippen MR) is 77.4 cm³/mol. The van der Waals surface area contributed by atoms with E-state index in [1.165, 1.54) is 12.1 Å². The fourth-order valence-electron chi connectivity index (χ4n) is 2.06. The minimum Gasteiger partial charge on any atom is -0.383 e. The first-order valence-corrected chi connectivity index (χ1v) is 6.66. The van der Waals surface area contributed by atoms with Crippen LogP contribution in [0.15, 0.2) is 34.9 Å². The van der Waals surface area contributed by atoms with Gasteiger partial charge in [0.25, 0.3) is 0 Å². The highest BCUT2D eigenvalue weighted by atomic mass is 79.9. The molecule has 0 aliphatic carbocycles. The van der Waals surface area contributed by atoms with E-state index < -0.39 is 11.6 Å². The van der Waals surface area contributed by atoms with Gasteiger partial charge in [-0.3, -0.25) is 4.40 Å². The smallest absolute Gasteiger partial charge is 0.168 e. The van der Waals surface area contributed by atoms with Crippen LogP contribution in [0.5, 0.6) is 0 Å². The molecule has 0 unspecified atom stereocenters. The molecule has 3 rings (SSSR count). The Bertz CT molecular complexity index is 827. The van der Waals surface area contributed by atoms with Crippen LogP contribution in [0, 0.1) is 18.6 Å². The van der Waals surface area contributed by atoms with Crippen molar-refractivity contribution in [1.29, 1.82) is 0 Å². The third-order valence-corrected chi connectivity index (χ3v) is 3.98. The molecular weight excluding hydrogens is 328 g/mol. The van der Waals surface area contributed by atoms with Crippen molar-refractivity contribution in [2.24, 2.45) is 0 Å². The Morgan fingerprint density at radius 1 is 1.30 bits per heavy atom. The minimum absolute atomic E-state index is 0.0555. The first-order valence-electron chi connectivity index (χ1n) is 5.87. The Morgan fingerprint density at radius 2 is 2.05 bits per heavy atom. The molecule has 2 N–H and O–H groups in total. The molecule has 2 aromatic heterocycles. The largest absolute Gasteiger partial charge is 0.383 e. The summed E-state index contributed by atoms with van der Waals surface area (Å²) in [7, 11) is 0. The molecule has 6 heteroatoms. The second-order valence-corrected chi connectivity index (χ2v) is 5.33. The first kappa shape index (κ1) is 13.1. The maximum Gasteiger partial charge on any atom is 0.168 e. The van der Waals surface area contributed by atoms with E-state index in [4.69, 9.17) is 5.73 Å². The SMILES string of the molecule is Cc1cc2nc(-c3cccc(F)c3F)c(N)n2cc1Br. The number of aromatic nitrogens is 2. The van der Waals surface area contributed by atoms with Gasteiger partial charge >= 0.3 is 0 Å². The molecule has 3 nitrogen and oxygen atoms in total. The molecule has 0 aliphatic rings. The molecule has 0 amide bonds. The molecule has 0 atom stereocenters. The van der Waals surface area contributed by atoms with E-state index in [1.54, 1.807) is 10.6 Å². The first-order chi connectivity index (χ1) is 9.49. The Balaban J connectivity index is 2.32. The number of hydrogen-bond acceptors (Lipinski definition) is 2. The number of aryl methyl sites for hydroxylation is 1. The molecule has 102 valence electrons. The number of nitrogens with two attached hydrogens (primary N) is 1. The van der Waals surface area contributed by atoms with Gasteiger partial charge in [-0.1, -0.05) is 6.07 Å². The zero-order chi connectivity index (χ0) is 14.4. The molecule has 0 spiro atoms. The van der Waals surface area contributed by atoms with Crippen LogP contribution in [0.4, 0.5) is 14.6 Å². The summed E-state index contributed by atoms with van der Waals surface area (Å²) in [4.78, 5) is 4.30. The second-order valence-electron chi connectivity index (χ2n) is 4.48. The van der Waals surface area contributed by atoms with Gasteiger partial charge in [0.1, 0.15) is 17.2 Å². The van der Waals surface area contributed by atoms with Crippen LogP contribution in [-0.4, -0.2) is 9.38 Å². The van der Waals surface area contributed by atoms with Gasteiger partial charge in [0.2, 0.25) is 0 Å². The zero-order valence-corrected chi connectivity index (χ0v) is 12.1. The van der Waals surface area contributed by atoms with E-state index in [-0.39, 0.29) is 17.1 Å². The van der Waals surface area contributed by atoms with E-state index in [0.717, 1.165) is 16.1 Å². The summed E-state index contributed by atoms with van der Waals surface area (Å²) in [6.45, 7) is 1.91. The summed E-state index contributed by atoms with van der Waals surface area (Å²) < 4.78 is 29.7. The molecule has 3 aromatic rings. The lowest BCUT2D eigenvalue weighted by Gasteiger charge is -2.02. The molecule has 20 heavy (non-hydrogen) atoms. The average Bonchev–Trinajstić information content (AvgIpc) is 2.71. The maximum absolute atomic E-state index is 13.9. The molecule has 1 aromatic carbocycles. The molecule has 0 fully saturated rings. The molecule has 0 radical (unpaired) electrons. The number of rotatable bonds is 1. The molecule has 0 bridgehead atoms. The van der Waals surface area contributed by atoms with Gasteiger partial charge in [-0.25, -0.2) is 13.8 Å². The number of anilines is 1. The summed E-state index contributed by atoms with van der Waals surface area (Å²) >= 11 is 3.40. The maximum atomic E-state index is 13.9. The van der Waals surface area contributed by atoms with Gasteiger partial charge in [0.15, 0.2) is 11.6 Å². The highest BCUT2D eigenvalue weighted by Gasteiger charge is 2.17. The predicted octanol–water partition coefficient (Wildman–Crippen LogP) is 3.93. The van der Waals surface area contributed by atoms with Crippen molar-refractivity contribution in [3.63, 3.8) is 0 Å². The van der Waals surface area contributed by atoms with Crippen LogP contribution in [0.25, 0.3) is 16.9 Å². The van der Waals surface area contributed by atoms with Crippen LogP contribution in [-0.2, 0) is 0 Å². The van der Waals surface area contributed by atoms with Crippen LogP contribution in [0.3, 0.4) is 0 Å². The van der Waals surface area contributed by atoms with Crippen molar-refractivity contribution in [3.8, 4) is 11.3 Å². The highest BCUT2D eigenvalue weighted by molar-refractivity contribution is 9.10. The van der Waals surface area contributed by atoms with Gasteiger partial charge in [0, 0.05) is 16.2 Å². The third-order valence-electron chi connectivity index (χ3n) is 3.15. The summed E-state index contributed by atoms with van der Waals surface area (Å²) in [6.07, 6.45) is 1.76. The number of nitrogen functional groups attached to an aromatic ring is 1. The zero-order valence-electron chi connectivity index (χ0n) is 10.5. The Labute approximate surface area is 122 Å². The fourth-order valence-corrected chi connectivity index (χ4v) is 2.38. The fraction of sp³-hybridized carbons (Fsp3) is 0.0714. The number of fused-ring (bicyclic) bond motifs is 1. The van der Waals surface area contributed by atoms with Crippen molar-refractivity contribution in [1.82, 2.24) is 9.38 Å². The highest BCUT2D eigenvalue weighted by Crippen LogP contribution is 2.31. The molecule has 0 saturated carbocycles. The normalized spacial score (nSPS) is 11.2. The number of hydrogen-bond donors (Lipinski definition) is 1. The van der Waals surface area contributed by atoms with Gasteiger partial charge in [-0.05, 0) is 46.6 Å². The van der Waals surface area contributed by atoms with E-state index in [9.17, 15) is 8.78 Å². The second kappa shape index (κ2) is 4.56. The summed E-state index contributed by atoms with van der Waals surface area (Å²) in [6, 6.07) is 5.77. The number of imidazole rings is 1. The Kier molecular flexibility index (Phi) is 2.97. The van der Waals surface area contributed by atoms with Crippen LogP contribution < -0.4 is 5.73 Å². The van der Waals surface area contributed by atoms with Crippen LogP contribution >= 0.6 is 15.9 Å². The van der Waals surface area contributed by atoms with E-state index in [0.29, 0.717) is 5.65 Å². The monoisotopic (exact) mass is 337 g/mol. The topological polar surface area (TPSA) is 43.3 Å². The Hall–Kier alpha value is -1.95. The summed E-state index contributed by atoms with van der Waals surface area (Å²) in [5, 5.41) is 0. The standard InChI is InChI=1S/C14H10BrF2N3/c1-7-5-11-19-13(14(18)20(11)6-9(7)15)8-3-2-4-10(16)12(8)17/h2-6H,18H2,1H3. The minimum atomic E-state index is -0.946. The van der Waals surface area contributed by atoms with E-state index in [2.05, 4.69) is 20.9 Å².